The molecule has 1 aromatic heterocycles. The number of carbonyl (C=O) groups excluding carboxylic acids is 1. The molecule has 2 heterocycles. The number of pyridine rings is 1. The van der Waals surface area contributed by atoms with Crippen molar-refractivity contribution in [2.45, 2.75) is 38.8 Å². The van der Waals surface area contributed by atoms with E-state index in [2.05, 4.69) is 24.1 Å². The van der Waals surface area contributed by atoms with Crippen LogP contribution < -0.4 is 5.32 Å². The lowest BCUT2D eigenvalue weighted by Gasteiger charge is -2.37. The fourth-order valence-electron chi connectivity index (χ4n) is 2.31. The van der Waals surface area contributed by atoms with Crippen LogP contribution in [0.1, 0.15) is 25.8 Å². The van der Waals surface area contributed by atoms with Crippen molar-refractivity contribution in [3.63, 3.8) is 0 Å². The maximum Gasteiger partial charge on any atom is 0.223 e. The van der Waals surface area contributed by atoms with Crippen molar-refractivity contribution >= 4 is 5.91 Å². The molecule has 0 radical (unpaired) electrons. The van der Waals surface area contributed by atoms with Crippen molar-refractivity contribution in [2.24, 2.45) is 0 Å². The van der Waals surface area contributed by atoms with Gasteiger partial charge in [0.25, 0.3) is 0 Å². The second-order valence-corrected chi connectivity index (χ2v) is 5.06. The van der Waals surface area contributed by atoms with Gasteiger partial charge in [-0.05, 0) is 38.0 Å². The van der Waals surface area contributed by atoms with Crippen LogP contribution in [-0.4, -0.2) is 41.0 Å². The number of aryl methyl sites for hydroxylation is 1. The van der Waals surface area contributed by atoms with E-state index in [1.807, 2.05) is 17.0 Å². The topological polar surface area (TPSA) is 45.2 Å². The lowest BCUT2D eigenvalue weighted by molar-refractivity contribution is -0.134. The minimum absolute atomic E-state index is 0.257. The molecule has 1 aliphatic rings. The fourth-order valence-corrected chi connectivity index (χ4v) is 2.31. The molecule has 1 aromatic rings. The van der Waals surface area contributed by atoms with Gasteiger partial charge >= 0.3 is 0 Å². The molecule has 18 heavy (non-hydrogen) atoms. The average molecular weight is 247 g/mol. The highest BCUT2D eigenvalue weighted by molar-refractivity contribution is 5.77. The number of aromatic nitrogens is 1. The standard InChI is InChI=1S/C14H21N3O/c1-11-10-17(12(2)9-16-11)14(18)4-3-13-5-7-15-8-6-13/h5-8,11-12,16H,3-4,9-10H2,1-2H3. The SMILES string of the molecule is CC1CN(C(=O)CCc2ccncc2)C(C)CN1. The maximum atomic E-state index is 12.2. The molecule has 0 aliphatic carbocycles. The lowest BCUT2D eigenvalue weighted by Crippen LogP contribution is -2.56. The second kappa shape index (κ2) is 5.96. The normalized spacial score (nSPS) is 24.0. The Morgan fingerprint density at radius 2 is 2.17 bits per heavy atom. The highest BCUT2D eigenvalue weighted by Gasteiger charge is 2.25. The molecular weight excluding hydrogens is 226 g/mol. The smallest absolute Gasteiger partial charge is 0.223 e. The Morgan fingerprint density at radius 3 is 2.89 bits per heavy atom. The summed E-state index contributed by atoms with van der Waals surface area (Å²) in [6.45, 7) is 5.93. The number of hydrogen-bond acceptors (Lipinski definition) is 3. The van der Waals surface area contributed by atoms with E-state index in [1.54, 1.807) is 12.4 Å². The highest BCUT2D eigenvalue weighted by Crippen LogP contribution is 2.10. The zero-order valence-electron chi connectivity index (χ0n) is 11.1. The first-order valence-electron chi connectivity index (χ1n) is 6.58. The van der Waals surface area contributed by atoms with Crippen molar-refractivity contribution in [1.29, 1.82) is 0 Å². The molecule has 1 aliphatic heterocycles. The Kier molecular flexibility index (Phi) is 4.31. The summed E-state index contributed by atoms with van der Waals surface area (Å²) in [5.41, 5.74) is 1.18. The summed E-state index contributed by atoms with van der Waals surface area (Å²) in [6.07, 6.45) is 4.93. The van der Waals surface area contributed by atoms with Gasteiger partial charge in [-0.15, -0.1) is 0 Å². The average Bonchev–Trinajstić information content (AvgIpc) is 2.40. The molecule has 0 aromatic carbocycles. The van der Waals surface area contributed by atoms with Crippen LogP contribution in [0.4, 0.5) is 0 Å². The predicted molar refractivity (Wildman–Crippen MR) is 71.2 cm³/mol. The molecule has 4 heteroatoms. The van der Waals surface area contributed by atoms with Crippen LogP contribution in [0, 0.1) is 0 Å². The Balaban J connectivity index is 1.87. The molecule has 1 N–H and O–H groups in total. The Labute approximate surface area is 108 Å². The van der Waals surface area contributed by atoms with Gasteiger partial charge in [0.15, 0.2) is 0 Å². The molecule has 0 saturated carbocycles. The first-order chi connectivity index (χ1) is 8.66. The molecule has 0 spiro atoms. The number of amides is 1. The molecular formula is C14H21N3O. The predicted octanol–water partition coefficient (Wildman–Crippen LogP) is 1.22. The number of nitrogens with zero attached hydrogens (tertiary/aromatic N) is 2. The zero-order valence-corrected chi connectivity index (χ0v) is 11.1. The van der Waals surface area contributed by atoms with E-state index >= 15 is 0 Å². The maximum absolute atomic E-state index is 12.2. The van der Waals surface area contributed by atoms with E-state index in [9.17, 15) is 4.79 Å². The Hall–Kier alpha value is -1.42. The van der Waals surface area contributed by atoms with Crippen molar-refractivity contribution in [1.82, 2.24) is 15.2 Å². The molecule has 1 amide bonds. The van der Waals surface area contributed by atoms with Crippen LogP contribution in [-0.2, 0) is 11.2 Å². The summed E-state index contributed by atoms with van der Waals surface area (Å²) in [4.78, 5) is 18.2. The third-order valence-electron chi connectivity index (χ3n) is 3.46. The van der Waals surface area contributed by atoms with Gasteiger partial charge < -0.3 is 10.2 Å². The lowest BCUT2D eigenvalue weighted by atomic mass is 10.1. The van der Waals surface area contributed by atoms with Crippen molar-refractivity contribution in [2.75, 3.05) is 13.1 Å². The van der Waals surface area contributed by atoms with Gasteiger partial charge in [-0.1, -0.05) is 0 Å². The van der Waals surface area contributed by atoms with Crippen molar-refractivity contribution in [3.8, 4) is 0 Å². The molecule has 2 unspecified atom stereocenters. The van der Waals surface area contributed by atoms with Crippen LogP contribution in [0.15, 0.2) is 24.5 Å². The first-order valence-corrected chi connectivity index (χ1v) is 6.58. The van der Waals surface area contributed by atoms with E-state index in [1.165, 1.54) is 5.56 Å². The van der Waals surface area contributed by atoms with E-state index < -0.39 is 0 Å². The van der Waals surface area contributed by atoms with Crippen LogP contribution in [0.25, 0.3) is 0 Å². The summed E-state index contributed by atoms with van der Waals surface area (Å²) >= 11 is 0. The van der Waals surface area contributed by atoms with Crippen molar-refractivity contribution in [3.05, 3.63) is 30.1 Å². The molecule has 2 atom stereocenters. The van der Waals surface area contributed by atoms with Gasteiger partial charge in [0.2, 0.25) is 5.91 Å². The van der Waals surface area contributed by atoms with E-state index in [0.717, 1.165) is 19.5 Å². The van der Waals surface area contributed by atoms with E-state index in [0.29, 0.717) is 18.5 Å². The second-order valence-electron chi connectivity index (χ2n) is 5.06. The molecule has 1 saturated heterocycles. The van der Waals surface area contributed by atoms with Crippen LogP contribution in [0.3, 0.4) is 0 Å². The Morgan fingerprint density at radius 1 is 1.44 bits per heavy atom. The molecule has 0 bridgehead atoms. The van der Waals surface area contributed by atoms with Gasteiger partial charge in [0, 0.05) is 44.0 Å². The third-order valence-corrected chi connectivity index (χ3v) is 3.46. The van der Waals surface area contributed by atoms with Crippen LogP contribution in [0.5, 0.6) is 0 Å². The zero-order chi connectivity index (χ0) is 13.0. The largest absolute Gasteiger partial charge is 0.337 e. The third kappa shape index (κ3) is 3.29. The van der Waals surface area contributed by atoms with Crippen molar-refractivity contribution < 1.29 is 4.79 Å². The van der Waals surface area contributed by atoms with E-state index in [4.69, 9.17) is 0 Å². The van der Waals surface area contributed by atoms with E-state index in [-0.39, 0.29) is 5.91 Å². The van der Waals surface area contributed by atoms with Gasteiger partial charge in [0.1, 0.15) is 0 Å². The number of carbonyl (C=O) groups is 1. The number of hydrogen-bond donors (Lipinski definition) is 1. The quantitative estimate of drug-likeness (QED) is 0.873. The number of piperazine rings is 1. The first kappa shape index (κ1) is 13.0. The summed E-state index contributed by atoms with van der Waals surface area (Å²) in [7, 11) is 0. The summed E-state index contributed by atoms with van der Waals surface area (Å²) in [6, 6.07) is 4.63. The minimum atomic E-state index is 0.257. The number of nitrogens with one attached hydrogen (secondary N) is 1. The number of rotatable bonds is 3. The monoisotopic (exact) mass is 247 g/mol. The summed E-state index contributed by atoms with van der Waals surface area (Å²) < 4.78 is 0. The molecule has 1 fully saturated rings. The molecule has 98 valence electrons. The Bertz CT molecular complexity index is 393. The van der Waals surface area contributed by atoms with Gasteiger partial charge in [-0.2, -0.15) is 0 Å². The molecule has 2 rings (SSSR count). The summed E-state index contributed by atoms with van der Waals surface area (Å²) in [5, 5.41) is 3.39. The van der Waals surface area contributed by atoms with Gasteiger partial charge in [0.05, 0.1) is 0 Å². The van der Waals surface area contributed by atoms with Crippen LogP contribution >= 0.6 is 0 Å². The highest BCUT2D eigenvalue weighted by atomic mass is 16.2. The van der Waals surface area contributed by atoms with Gasteiger partial charge in [-0.3, -0.25) is 9.78 Å². The minimum Gasteiger partial charge on any atom is -0.337 e. The molecule has 4 nitrogen and oxygen atoms in total. The van der Waals surface area contributed by atoms with Crippen LogP contribution in [0.2, 0.25) is 0 Å². The fraction of sp³-hybridized carbons (Fsp3) is 0.571. The summed E-state index contributed by atoms with van der Waals surface area (Å²) in [5.74, 6) is 0.257. The van der Waals surface area contributed by atoms with Gasteiger partial charge in [-0.25, -0.2) is 0 Å².